The van der Waals surface area contributed by atoms with Gasteiger partial charge < -0.3 is 14.8 Å². The monoisotopic (exact) mass is 353 g/mol. The van der Waals surface area contributed by atoms with Gasteiger partial charge in [0.05, 0.1) is 0 Å². The van der Waals surface area contributed by atoms with E-state index in [4.69, 9.17) is 0 Å². The summed E-state index contributed by atoms with van der Waals surface area (Å²) in [6.45, 7) is 6.17. The second-order valence-corrected chi connectivity index (χ2v) is 7.44. The molecule has 2 aliphatic rings. The van der Waals surface area contributed by atoms with Gasteiger partial charge in [-0.15, -0.1) is 0 Å². The molecule has 2 fully saturated rings. The van der Waals surface area contributed by atoms with Crippen molar-refractivity contribution in [2.75, 3.05) is 13.1 Å². The van der Waals surface area contributed by atoms with Crippen molar-refractivity contribution < 1.29 is 4.79 Å². The molecule has 3 rings (SSSR count). The third kappa shape index (κ3) is 3.34. The Balaban J connectivity index is 1.80. The summed E-state index contributed by atoms with van der Waals surface area (Å²) in [6.07, 6.45) is 6.73. The number of hydrogen-bond donors (Lipinski definition) is 1. The summed E-state index contributed by atoms with van der Waals surface area (Å²) in [5, 5.41) is 3.51. The normalized spacial score (nSPS) is 22.0. The van der Waals surface area contributed by atoms with Crippen LogP contribution in [0.4, 0.5) is 0 Å². The zero-order valence-electron chi connectivity index (χ0n) is 12.8. The van der Waals surface area contributed by atoms with Gasteiger partial charge in [-0.25, -0.2) is 0 Å². The third-order valence-electron chi connectivity index (χ3n) is 4.42. The van der Waals surface area contributed by atoms with Crippen molar-refractivity contribution in [2.24, 2.45) is 0 Å². The lowest BCUT2D eigenvalue weighted by Crippen LogP contribution is -2.43. The highest BCUT2D eigenvalue weighted by Crippen LogP contribution is 2.30. The molecule has 0 radical (unpaired) electrons. The molecule has 1 aliphatic carbocycles. The van der Waals surface area contributed by atoms with Crippen LogP contribution in [0, 0.1) is 0 Å². The fourth-order valence-corrected chi connectivity index (χ4v) is 3.56. The van der Waals surface area contributed by atoms with Crippen LogP contribution < -0.4 is 5.32 Å². The molecule has 1 saturated carbocycles. The Bertz CT molecular complexity index is 516. The third-order valence-corrected chi connectivity index (χ3v) is 4.85. The lowest BCUT2D eigenvalue weighted by Gasteiger charge is -2.27. The first-order valence-electron chi connectivity index (χ1n) is 7.98. The van der Waals surface area contributed by atoms with Crippen LogP contribution in [0.25, 0.3) is 0 Å². The van der Waals surface area contributed by atoms with E-state index in [1.165, 1.54) is 12.8 Å². The van der Waals surface area contributed by atoms with Gasteiger partial charge in [0.1, 0.15) is 5.69 Å². The number of aromatic nitrogens is 1. The first kappa shape index (κ1) is 15.1. The first-order chi connectivity index (χ1) is 10.1. The molecule has 1 saturated heterocycles. The number of rotatable bonds is 5. The van der Waals surface area contributed by atoms with Crippen LogP contribution in [-0.4, -0.2) is 40.5 Å². The topological polar surface area (TPSA) is 37.3 Å². The van der Waals surface area contributed by atoms with E-state index in [-0.39, 0.29) is 5.91 Å². The van der Waals surface area contributed by atoms with Gasteiger partial charge in [-0.2, -0.15) is 0 Å². The van der Waals surface area contributed by atoms with Crippen molar-refractivity contribution >= 4 is 21.8 Å². The van der Waals surface area contributed by atoms with Crippen LogP contribution in [0.2, 0.25) is 0 Å². The van der Waals surface area contributed by atoms with Crippen molar-refractivity contribution in [2.45, 2.75) is 57.7 Å². The maximum absolute atomic E-state index is 13.0. The lowest BCUT2D eigenvalue weighted by molar-refractivity contribution is 0.0716. The van der Waals surface area contributed by atoms with Crippen LogP contribution in [0.5, 0.6) is 0 Å². The number of amides is 1. The molecule has 1 atom stereocenters. The van der Waals surface area contributed by atoms with Crippen LogP contribution >= 0.6 is 15.9 Å². The molecule has 1 aromatic rings. The molecule has 4 nitrogen and oxygen atoms in total. The number of nitrogens with one attached hydrogen (secondary N) is 1. The highest BCUT2D eigenvalue weighted by molar-refractivity contribution is 9.10. The van der Waals surface area contributed by atoms with Gasteiger partial charge in [0.25, 0.3) is 5.91 Å². The molecular formula is C16H24BrN3O. The van der Waals surface area contributed by atoms with E-state index in [1.807, 2.05) is 12.3 Å². The number of carbonyl (C=O) groups is 1. The van der Waals surface area contributed by atoms with Gasteiger partial charge in [0.2, 0.25) is 0 Å². The van der Waals surface area contributed by atoms with Crippen molar-refractivity contribution in [3.63, 3.8) is 0 Å². The summed E-state index contributed by atoms with van der Waals surface area (Å²) >= 11 is 3.51. The van der Waals surface area contributed by atoms with Crippen molar-refractivity contribution in [3.05, 3.63) is 22.4 Å². The molecule has 116 valence electrons. The molecule has 1 N–H and O–H groups in total. The van der Waals surface area contributed by atoms with E-state index in [2.05, 4.69) is 44.6 Å². The minimum absolute atomic E-state index is 0.186. The summed E-state index contributed by atoms with van der Waals surface area (Å²) in [5.41, 5.74) is 0.807. The summed E-state index contributed by atoms with van der Waals surface area (Å²) in [6, 6.07) is 3.18. The SMILES string of the molecule is CC(C)n1cc(Br)cc1C(=O)N(CC1CCCN1)C1CC1. The molecule has 2 heterocycles. The molecular weight excluding hydrogens is 330 g/mol. The van der Waals surface area contributed by atoms with E-state index in [0.29, 0.717) is 18.1 Å². The molecule has 21 heavy (non-hydrogen) atoms. The standard InChI is InChI=1S/C16H24BrN3O/c1-11(2)19-9-12(17)8-15(19)16(21)20(14-5-6-14)10-13-4-3-7-18-13/h8-9,11,13-14,18H,3-7,10H2,1-2H3. The second kappa shape index (κ2) is 6.13. The fourth-order valence-electron chi connectivity index (χ4n) is 3.13. The van der Waals surface area contributed by atoms with E-state index >= 15 is 0 Å². The minimum Gasteiger partial charge on any atom is -0.340 e. The Kier molecular flexibility index (Phi) is 4.41. The largest absolute Gasteiger partial charge is 0.340 e. The zero-order valence-corrected chi connectivity index (χ0v) is 14.4. The summed E-state index contributed by atoms with van der Waals surface area (Å²) in [7, 11) is 0. The minimum atomic E-state index is 0.186. The van der Waals surface area contributed by atoms with E-state index in [9.17, 15) is 4.79 Å². The molecule has 1 unspecified atom stereocenters. The Morgan fingerprint density at radius 3 is 2.81 bits per heavy atom. The Morgan fingerprint density at radius 2 is 2.24 bits per heavy atom. The number of nitrogens with zero attached hydrogens (tertiary/aromatic N) is 2. The van der Waals surface area contributed by atoms with Crippen LogP contribution in [0.1, 0.15) is 56.1 Å². The van der Waals surface area contributed by atoms with Crippen molar-refractivity contribution in [3.8, 4) is 0 Å². The smallest absolute Gasteiger partial charge is 0.270 e. The van der Waals surface area contributed by atoms with Crippen LogP contribution in [-0.2, 0) is 0 Å². The maximum atomic E-state index is 13.0. The molecule has 5 heteroatoms. The lowest BCUT2D eigenvalue weighted by atomic mass is 10.2. The van der Waals surface area contributed by atoms with E-state index < -0.39 is 0 Å². The summed E-state index contributed by atoms with van der Waals surface area (Å²) < 4.78 is 3.05. The Labute approximate surface area is 135 Å². The van der Waals surface area contributed by atoms with Gasteiger partial charge in [0, 0.05) is 35.3 Å². The van der Waals surface area contributed by atoms with Crippen molar-refractivity contribution in [1.82, 2.24) is 14.8 Å². The Hall–Kier alpha value is -0.810. The average Bonchev–Trinajstić information content (AvgIpc) is 2.99. The highest BCUT2D eigenvalue weighted by atomic mass is 79.9. The number of carbonyl (C=O) groups excluding carboxylic acids is 1. The molecule has 1 aromatic heterocycles. The summed E-state index contributed by atoms with van der Waals surface area (Å²) in [5.74, 6) is 0.186. The van der Waals surface area contributed by atoms with E-state index in [1.54, 1.807) is 0 Å². The average molecular weight is 354 g/mol. The number of hydrogen-bond acceptors (Lipinski definition) is 2. The quantitative estimate of drug-likeness (QED) is 0.882. The van der Waals surface area contributed by atoms with Gasteiger partial charge in [-0.1, -0.05) is 0 Å². The molecule has 0 aromatic carbocycles. The van der Waals surface area contributed by atoms with E-state index in [0.717, 1.165) is 36.1 Å². The zero-order chi connectivity index (χ0) is 15.0. The number of halogens is 1. The molecule has 0 bridgehead atoms. The highest BCUT2D eigenvalue weighted by Gasteiger charge is 2.36. The maximum Gasteiger partial charge on any atom is 0.270 e. The Morgan fingerprint density at radius 1 is 1.48 bits per heavy atom. The second-order valence-electron chi connectivity index (χ2n) is 6.53. The van der Waals surface area contributed by atoms with Gasteiger partial charge in [-0.3, -0.25) is 4.79 Å². The van der Waals surface area contributed by atoms with Gasteiger partial charge in [-0.05, 0) is 68.1 Å². The fraction of sp³-hybridized carbons (Fsp3) is 0.688. The first-order valence-corrected chi connectivity index (χ1v) is 8.77. The molecule has 1 aliphatic heterocycles. The van der Waals surface area contributed by atoms with Gasteiger partial charge in [0.15, 0.2) is 0 Å². The van der Waals surface area contributed by atoms with Crippen molar-refractivity contribution in [1.29, 1.82) is 0 Å². The molecule has 0 spiro atoms. The van der Waals surface area contributed by atoms with Gasteiger partial charge >= 0.3 is 0 Å². The predicted molar refractivity (Wildman–Crippen MR) is 87.6 cm³/mol. The van der Waals surface area contributed by atoms with Crippen LogP contribution in [0.3, 0.4) is 0 Å². The van der Waals surface area contributed by atoms with Crippen LogP contribution in [0.15, 0.2) is 16.7 Å². The molecule has 1 amide bonds. The predicted octanol–water partition coefficient (Wildman–Crippen LogP) is 3.19. The summed E-state index contributed by atoms with van der Waals surface area (Å²) in [4.78, 5) is 15.1.